The SMILES string of the molecule is CCC1CCC(N(C(=O)c2nc3nccc(C)n3n2)C2CC2)CC1. The van der Waals surface area contributed by atoms with Crippen molar-refractivity contribution in [2.45, 2.75) is 70.9 Å². The van der Waals surface area contributed by atoms with Crippen LogP contribution < -0.4 is 0 Å². The van der Waals surface area contributed by atoms with Crippen LogP contribution in [0.5, 0.6) is 0 Å². The molecule has 0 atom stereocenters. The van der Waals surface area contributed by atoms with Crippen molar-refractivity contribution in [3.63, 3.8) is 0 Å². The number of aromatic nitrogens is 4. The molecule has 0 unspecified atom stereocenters. The van der Waals surface area contributed by atoms with Gasteiger partial charge in [-0.15, -0.1) is 5.10 Å². The van der Waals surface area contributed by atoms with Crippen LogP contribution in [0.3, 0.4) is 0 Å². The molecule has 0 bridgehead atoms. The van der Waals surface area contributed by atoms with Gasteiger partial charge >= 0.3 is 0 Å². The average molecular weight is 327 g/mol. The summed E-state index contributed by atoms with van der Waals surface area (Å²) in [4.78, 5) is 23.8. The van der Waals surface area contributed by atoms with E-state index in [1.165, 1.54) is 19.3 Å². The molecule has 0 radical (unpaired) electrons. The largest absolute Gasteiger partial charge is 0.330 e. The molecule has 2 aromatic heterocycles. The number of carbonyl (C=O) groups excluding carboxylic acids is 1. The third kappa shape index (κ3) is 2.78. The third-order valence-corrected chi connectivity index (χ3v) is 5.58. The monoisotopic (exact) mass is 327 g/mol. The molecule has 1 amide bonds. The number of rotatable bonds is 4. The third-order valence-electron chi connectivity index (χ3n) is 5.58. The molecule has 2 aliphatic carbocycles. The second-order valence-electron chi connectivity index (χ2n) is 7.26. The van der Waals surface area contributed by atoms with Crippen molar-refractivity contribution in [1.82, 2.24) is 24.5 Å². The van der Waals surface area contributed by atoms with Crippen molar-refractivity contribution in [1.29, 1.82) is 0 Å². The molecule has 0 saturated heterocycles. The van der Waals surface area contributed by atoms with E-state index < -0.39 is 0 Å². The highest BCUT2D eigenvalue weighted by Gasteiger charge is 2.40. The van der Waals surface area contributed by atoms with Crippen LogP contribution >= 0.6 is 0 Å². The van der Waals surface area contributed by atoms with Crippen LogP contribution in [-0.2, 0) is 0 Å². The molecule has 2 saturated carbocycles. The zero-order valence-corrected chi connectivity index (χ0v) is 14.5. The number of hydrogen-bond donors (Lipinski definition) is 0. The van der Waals surface area contributed by atoms with Crippen LogP contribution in [0.25, 0.3) is 5.78 Å². The van der Waals surface area contributed by atoms with Gasteiger partial charge in [0.1, 0.15) is 0 Å². The molecule has 2 aliphatic rings. The minimum Gasteiger partial charge on any atom is -0.330 e. The van der Waals surface area contributed by atoms with Crippen molar-refractivity contribution in [2.75, 3.05) is 0 Å². The van der Waals surface area contributed by atoms with Crippen molar-refractivity contribution in [2.24, 2.45) is 5.92 Å². The molecule has 0 spiro atoms. The van der Waals surface area contributed by atoms with Gasteiger partial charge < -0.3 is 4.90 Å². The van der Waals surface area contributed by atoms with Crippen molar-refractivity contribution < 1.29 is 4.79 Å². The molecule has 2 aromatic rings. The predicted octanol–water partition coefficient (Wildman–Crippen LogP) is 3.01. The van der Waals surface area contributed by atoms with Crippen LogP contribution in [0.15, 0.2) is 12.3 Å². The van der Waals surface area contributed by atoms with Crippen molar-refractivity contribution in [3.8, 4) is 0 Å². The summed E-state index contributed by atoms with van der Waals surface area (Å²) in [6.45, 7) is 4.22. The first-order valence-corrected chi connectivity index (χ1v) is 9.18. The fraction of sp³-hybridized carbons (Fsp3) is 0.667. The van der Waals surface area contributed by atoms with E-state index >= 15 is 0 Å². The van der Waals surface area contributed by atoms with E-state index in [2.05, 4.69) is 26.9 Å². The maximum atomic E-state index is 13.1. The fourth-order valence-corrected chi connectivity index (χ4v) is 3.93. The first-order valence-electron chi connectivity index (χ1n) is 9.18. The first kappa shape index (κ1) is 15.5. The second-order valence-corrected chi connectivity index (χ2v) is 7.26. The van der Waals surface area contributed by atoms with Gasteiger partial charge in [0.15, 0.2) is 0 Å². The van der Waals surface area contributed by atoms with Crippen LogP contribution in [0.1, 0.15) is 68.2 Å². The van der Waals surface area contributed by atoms with Crippen LogP contribution in [0.4, 0.5) is 0 Å². The Hall–Kier alpha value is -1.98. The lowest BCUT2D eigenvalue weighted by Gasteiger charge is -2.36. The maximum Gasteiger partial charge on any atom is 0.294 e. The van der Waals surface area contributed by atoms with E-state index in [0.29, 0.717) is 23.7 Å². The Morgan fingerprint density at radius 1 is 1.21 bits per heavy atom. The maximum absolute atomic E-state index is 13.1. The number of hydrogen-bond acceptors (Lipinski definition) is 4. The highest BCUT2D eigenvalue weighted by molar-refractivity contribution is 5.91. The van der Waals surface area contributed by atoms with Crippen LogP contribution in [0, 0.1) is 12.8 Å². The summed E-state index contributed by atoms with van der Waals surface area (Å²) in [7, 11) is 0. The Labute approximate surface area is 142 Å². The van der Waals surface area contributed by atoms with E-state index in [4.69, 9.17) is 0 Å². The average Bonchev–Trinajstić information content (AvgIpc) is 3.33. The molecular formula is C18H25N5O. The zero-order valence-electron chi connectivity index (χ0n) is 14.5. The topological polar surface area (TPSA) is 63.4 Å². The van der Waals surface area contributed by atoms with E-state index in [-0.39, 0.29) is 5.91 Å². The van der Waals surface area contributed by atoms with E-state index in [0.717, 1.165) is 37.3 Å². The Morgan fingerprint density at radius 2 is 1.88 bits per heavy atom. The highest BCUT2D eigenvalue weighted by atomic mass is 16.2. The van der Waals surface area contributed by atoms with Gasteiger partial charge in [-0.2, -0.15) is 4.98 Å². The van der Waals surface area contributed by atoms with Gasteiger partial charge in [0.25, 0.3) is 11.7 Å². The van der Waals surface area contributed by atoms with Gasteiger partial charge in [-0.3, -0.25) is 4.79 Å². The Bertz CT molecular complexity index is 743. The van der Waals surface area contributed by atoms with Gasteiger partial charge in [0.2, 0.25) is 5.82 Å². The van der Waals surface area contributed by atoms with Gasteiger partial charge in [-0.1, -0.05) is 13.3 Å². The second kappa shape index (κ2) is 6.15. The summed E-state index contributed by atoms with van der Waals surface area (Å²) in [6, 6.07) is 2.62. The molecule has 0 aliphatic heterocycles. The quantitative estimate of drug-likeness (QED) is 0.866. The summed E-state index contributed by atoms with van der Waals surface area (Å²) in [5.41, 5.74) is 0.938. The standard InChI is InChI=1S/C18H25N5O/c1-3-13-4-6-14(7-5-13)22(15-8-9-15)17(24)16-20-18-19-11-10-12(2)23(18)21-16/h10-11,13-15H,3-9H2,1-2H3. The predicted molar refractivity (Wildman–Crippen MR) is 90.7 cm³/mol. The summed E-state index contributed by atoms with van der Waals surface area (Å²) >= 11 is 0. The summed E-state index contributed by atoms with van der Waals surface area (Å²) in [5.74, 6) is 1.62. The number of amides is 1. The normalized spacial score (nSPS) is 24.2. The molecular weight excluding hydrogens is 302 g/mol. The molecule has 2 heterocycles. The smallest absolute Gasteiger partial charge is 0.294 e. The number of nitrogens with zero attached hydrogens (tertiary/aromatic N) is 5. The molecule has 128 valence electrons. The van der Waals surface area contributed by atoms with E-state index in [1.807, 2.05) is 13.0 Å². The molecule has 2 fully saturated rings. The lowest BCUT2D eigenvalue weighted by atomic mass is 9.84. The number of aryl methyl sites for hydroxylation is 1. The number of carbonyl (C=O) groups is 1. The van der Waals surface area contributed by atoms with Crippen molar-refractivity contribution >= 4 is 11.7 Å². The Balaban J connectivity index is 1.58. The molecule has 24 heavy (non-hydrogen) atoms. The lowest BCUT2D eigenvalue weighted by Crippen LogP contribution is -2.44. The van der Waals surface area contributed by atoms with Gasteiger partial charge in [0.05, 0.1) is 0 Å². The molecule has 0 N–H and O–H groups in total. The zero-order chi connectivity index (χ0) is 16.7. The molecule has 4 rings (SSSR count). The summed E-state index contributed by atoms with van der Waals surface area (Å²) < 4.78 is 1.66. The van der Waals surface area contributed by atoms with Gasteiger partial charge in [-0.05, 0) is 57.4 Å². The van der Waals surface area contributed by atoms with Gasteiger partial charge in [0, 0.05) is 24.0 Å². The van der Waals surface area contributed by atoms with E-state index in [9.17, 15) is 4.79 Å². The van der Waals surface area contributed by atoms with Crippen LogP contribution in [-0.4, -0.2) is 42.5 Å². The first-order chi connectivity index (χ1) is 11.7. The minimum absolute atomic E-state index is 0.0117. The fourth-order valence-electron chi connectivity index (χ4n) is 3.93. The molecule has 6 heteroatoms. The van der Waals surface area contributed by atoms with Crippen LogP contribution in [0.2, 0.25) is 0 Å². The summed E-state index contributed by atoms with van der Waals surface area (Å²) in [5, 5.41) is 4.42. The Morgan fingerprint density at radius 3 is 2.46 bits per heavy atom. The minimum atomic E-state index is -0.0117. The Kier molecular flexibility index (Phi) is 3.98. The molecule has 6 nitrogen and oxygen atoms in total. The molecule has 0 aromatic carbocycles. The summed E-state index contributed by atoms with van der Waals surface area (Å²) in [6.07, 6.45) is 9.89. The van der Waals surface area contributed by atoms with Crippen molar-refractivity contribution in [3.05, 3.63) is 23.8 Å². The lowest BCUT2D eigenvalue weighted by molar-refractivity contribution is 0.0575. The highest BCUT2D eigenvalue weighted by Crippen LogP contribution is 2.36. The van der Waals surface area contributed by atoms with Gasteiger partial charge in [-0.25, -0.2) is 9.50 Å². The number of fused-ring (bicyclic) bond motifs is 1. The van der Waals surface area contributed by atoms with E-state index in [1.54, 1.807) is 10.7 Å².